The summed E-state index contributed by atoms with van der Waals surface area (Å²) in [6, 6.07) is 0. The Kier molecular flexibility index (Phi) is 4.39. The van der Waals surface area contributed by atoms with Crippen molar-refractivity contribution < 1.29 is 14.3 Å². The molecule has 1 aliphatic rings. The first-order valence-electron chi connectivity index (χ1n) is 5.10. The summed E-state index contributed by atoms with van der Waals surface area (Å²) in [5.41, 5.74) is -0.785. The minimum absolute atomic E-state index is 0.0655. The molecule has 0 aliphatic heterocycles. The van der Waals surface area contributed by atoms with Gasteiger partial charge in [0.2, 0.25) is 0 Å². The molecule has 1 fully saturated rings. The van der Waals surface area contributed by atoms with Gasteiger partial charge in [0.05, 0.1) is 13.0 Å². The van der Waals surface area contributed by atoms with Crippen molar-refractivity contribution in [2.24, 2.45) is 0 Å². The van der Waals surface area contributed by atoms with Crippen molar-refractivity contribution >= 4 is 23.5 Å². The molecule has 0 aromatic carbocycles. The quantitative estimate of drug-likeness (QED) is 0.757. The van der Waals surface area contributed by atoms with E-state index in [4.69, 9.17) is 11.6 Å². The van der Waals surface area contributed by atoms with Crippen molar-refractivity contribution in [2.45, 2.75) is 37.6 Å². The third-order valence-electron chi connectivity index (χ3n) is 2.89. The van der Waals surface area contributed by atoms with Crippen molar-refractivity contribution in [1.82, 2.24) is 5.32 Å². The molecule has 0 bridgehead atoms. The van der Waals surface area contributed by atoms with Crippen molar-refractivity contribution in [2.75, 3.05) is 13.0 Å². The number of methoxy groups -OCH3 is 1. The molecular formula is C10H16ClNO3. The highest BCUT2D eigenvalue weighted by atomic mass is 35.5. The van der Waals surface area contributed by atoms with Gasteiger partial charge in [0.1, 0.15) is 5.54 Å². The fourth-order valence-corrected chi connectivity index (χ4v) is 2.26. The van der Waals surface area contributed by atoms with E-state index in [1.807, 2.05) is 0 Å². The summed E-state index contributed by atoms with van der Waals surface area (Å²) in [7, 11) is 1.29. The zero-order valence-corrected chi connectivity index (χ0v) is 9.60. The Hall–Kier alpha value is -0.770. The van der Waals surface area contributed by atoms with Gasteiger partial charge in [-0.05, 0) is 12.8 Å². The third-order valence-corrected chi connectivity index (χ3v) is 3.13. The smallest absolute Gasteiger partial charge is 0.407 e. The fraction of sp³-hybridized carbons (Fsp3) is 0.800. The Balaban J connectivity index is 2.75. The molecule has 0 saturated heterocycles. The van der Waals surface area contributed by atoms with E-state index in [2.05, 4.69) is 10.1 Å². The van der Waals surface area contributed by atoms with E-state index in [1.165, 1.54) is 7.11 Å². The first kappa shape index (κ1) is 12.3. The van der Waals surface area contributed by atoms with E-state index in [0.29, 0.717) is 12.8 Å². The molecule has 15 heavy (non-hydrogen) atoms. The Morgan fingerprint density at radius 3 is 2.40 bits per heavy atom. The number of hydrogen-bond acceptors (Lipinski definition) is 3. The predicted molar refractivity (Wildman–Crippen MR) is 57.1 cm³/mol. The largest absolute Gasteiger partial charge is 0.453 e. The molecule has 0 unspecified atom stereocenters. The number of carbonyl (C=O) groups excluding carboxylic acids is 2. The maximum atomic E-state index is 11.7. The Morgan fingerprint density at radius 1 is 1.33 bits per heavy atom. The molecule has 1 rings (SSSR count). The van der Waals surface area contributed by atoms with Gasteiger partial charge in [0.25, 0.3) is 0 Å². The lowest BCUT2D eigenvalue weighted by atomic mass is 9.79. The molecular weight excluding hydrogens is 218 g/mol. The molecule has 0 radical (unpaired) electrons. The number of halogens is 1. The molecule has 0 atom stereocenters. The molecule has 1 N–H and O–H groups in total. The molecule has 1 amide bonds. The molecule has 0 spiro atoms. The highest BCUT2D eigenvalue weighted by Gasteiger charge is 2.40. The highest BCUT2D eigenvalue weighted by Crippen LogP contribution is 2.29. The number of nitrogens with one attached hydrogen (secondary N) is 1. The number of Topliss-reactive ketones (excluding diaryl/α,β-unsaturated/α-hetero) is 1. The van der Waals surface area contributed by atoms with Gasteiger partial charge in [-0.1, -0.05) is 19.3 Å². The molecule has 1 saturated carbocycles. The second-order valence-electron chi connectivity index (χ2n) is 3.82. The maximum Gasteiger partial charge on any atom is 0.407 e. The monoisotopic (exact) mass is 233 g/mol. The lowest BCUT2D eigenvalue weighted by molar-refractivity contribution is -0.124. The lowest BCUT2D eigenvalue weighted by Gasteiger charge is -2.35. The van der Waals surface area contributed by atoms with E-state index in [9.17, 15) is 9.59 Å². The average molecular weight is 234 g/mol. The first-order valence-corrected chi connectivity index (χ1v) is 5.63. The van der Waals surface area contributed by atoms with Crippen molar-refractivity contribution in [3.8, 4) is 0 Å². The SMILES string of the molecule is COC(=O)NC1(C(=O)CCl)CCCCC1. The second-order valence-corrected chi connectivity index (χ2v) is 4.08. The van der Waals surface area contributed by atoms with E-state index < -0.39 is 11.6 Å². The van der Waals surface area contributed by atoms with Crippen LogP contribution in [0.3, 0.4) is 0 Å². The van der Waals surface area contributed by atoms with Crippen molar-refractivity contribution in [3.63, 3.8) is 0 Å². The van der Waals surface area contributed by atoms with E-state index >= 15 is 0 Å². The van der Waals surface area contributed by atoms with Gasteiger partial charge in [-0.15, -0.1) is 11.6 Å². The van der Waals surface area contributed by atoms with Gasteiger partial charge in [-0.2, -0.15) is 0 Å². The van der Waals surface area contributed by atoms with E-state index in [0.717, 1.165) is 19.3 Å². The number of amides is 1. The summed E-state index contributed by atoms with van der Waals surface area (Å²) in [5.74, 6) is -0.182. The van der Waals surface area contributed by atoms with Crippen LogP contribution < -0.4 is 5.32 Å². The summed E-state index contributed by atoms with van der Waals surface area (Å²) in [4.78, 5) is 22.9. The summed E-state index contributed by atoms with van der Waals surface area (Å²) < 4.78 is 4.53. The fourth-order valence-electron chi connectivity index (χ4n) is 2.00. The normalized spacial score (nSPS) is 19.3. The van der Waals surface area contributed by atoms with Crippen LogP contribution in [0.4, 0.5) is 4.79 Å². The minimum atomic E-state index is -0.785. The number of alkyl halides is 1. The molecule has 4 nitrogen and oxygen atoms in total. The summed E-state index contributed by atoms with van der Waals surface area (Å²) in [5, 5.41) is 2.64. The zero-order valence-electron chi connectivity index (χ0n) is 8.85. The summed E-state index contributed by atoms with van der Waals surface area (Å²) in [6.07, 6.45) is 3.73. The molecule has 0 heterocycles. The van der Waals surface area contributed by atoms with Crippen LogP contribution in [-0.4, -0.2) is 30.4 Å². The van der Waals surface area contributed by atoms with E-state index in [-0.39, 0.29) is 11.7 Å². The number of ketones is 1. The van der Waals surface area contributed by atoms with Gasteiger partial charge in [-0.25, -0.2) is 4.79 Å². The minimum Gasteiger partial charge on any atom is -0.453 e. The van der Waals surface area contributed by atoms with Gasteiger partial charge < -0.3 is 10.1 Å². The van der Waals surface area contributed by atoms with Crippen LogP contribution in [0.2, 0.25) is 0 Å². The zero-order chi connectivity index (χ0) is 11.3. The van der Waals surface area contributed by atoms with Crippen LogP contribution >= 0.6 is 11.6 Å². The Bertz CT molecular complexity index is 249. The Labute approximate surface area is 94.3 Å². The van der Waals surface area contributed by atoms with Gasteiger partial charge >= 0.3 is 6.09 Å². The third kappa shape index (κ3) is 2.84. The average Bonchev–Trinajstić information content (AvgIpc) is 2.29. The highest BCUT2D eigenvalue weighted by molar-refractivity contribution is 6.29. The molecule has 1 aliphatic carbocycles. The van der Waals surface area contributed by atoms with Gasteiger partial charge in [0.15, 0.2) is 5.78 Å². The van der Waals surface area contributed by atoms with E-state index in [1.54, 1.807) is 0 Å². The van der Waals surface area contributed by atoms with Gasteiger partial charge in [-0.3, -0.25) is 4.79 Å². The number of rotatable bonds is 3. The number of hydrogen-bond donors (Lipinski definition) is 1. The van der Waals surface area contributed by atoms with Gasteiger partial charge in [0, 0.05) is 0 Å². The van der Waals surface area contributed by atoms with Crippen molar-refractivity contribution in [1.29, 1.82) is 0 Å². The van der Waals surface area contributed by atoms with Crippen LogP contribution in [-0.2, 0) is 9.53 Å². The summed E-state index contributed by atoms with van der Waals surface area (Å²) in [6.45, 7) is 0. The topological polar surface area (TPSA) is 55.4 Å². The Morgan fingerprint density at radius 2 is 1.93 bits per heavy atom. The molecule has 86 valence electrons. The first-order chi connectivity index (χ1) is 7.14. The number of ether oxygens (including phenoxy) is 1. The molecule has 5 heteroatoms. The lowest BCUT2D eigenvalue weighted by Crippen LogP contribution is -2.56. The standard InChI is InChI=1S/C10H16ClNO3/c1-15-9(14)12-10(8(13)7-11)5-3-2-4-6-10/h2-7H2,1H3,(H,12,14). The maximum absolute atomic E-state index is 11.7. The second kappa shape index (κ2) is 5.35. The van der Waals surface area contributed by atoms with Crippen LogP contribution in [0.15, 0.2) is 0 Å². The number of alkyl carbamates (subject to hydrolysis) is 1. The molecule has 0 aromatic rings. The van der Waals surface area contributed by atoms with Crippen molar-refractivity contribution in [3.05, 3.63) is 0 Å². The number of carbonyl (C=O) groups is 2. The summed E-state index contributed by atoms with van der Waals surface area (Å²) >= 11 is 5.56. The van der Waals surface area contributed by atoms with Crippen LogP contribution in [0.1, 0.15) is 32.1 Å². The van der Waals surface area contributed by atoms with Crippen LogP contribution in [0, 0.1) is 0 Å². The molecule has 0 aromatic heterocycles. The van der Waals surface area contributed by atoms with Crippen LogP contribution in [0.5, 0.6) is 0 Å². The van der Waals surface area contributed by atoms with Crippen LogP contribution in [0.25, 0.3) is 0 Å². The predicted octanol–water partition coefficient (Wildman–Crippen LogP) is 1.85.